The van der Waals surface area contributed by atoms with Crippen LogP contribution in [0.5, 0.6) is 0 Å². The molecule has 2 aromatic carbocycles. The summed E-state index contributed by atoms with van der Waals surface area (Å²) in [5, 5.41) is 11.6. The van der Waals surface area contributed by atoms with Crippen LogP contribution in [0.15, 0.2) is 54.6 Å². The van der Waals surface area contributed by atoms with Crippen LogP contribution in [0.4, 0.5) is 14.9 Å². The highest BCUT2D eigenvalue weighted by molar-refractivity contribution is 5.98. The number of aliphatic hydroxyl groups is 1. The van der Waals surface area contributed by atoms with Gasteiger partial charge in [0.15, 0.2) is 0 Å². The topological polar surface area (TPSA) is 78.9 Å². The number of rotatable bonds is 7. The zero-order valence-electron chi connectivity index (χ0n) is 14.4. The molecule has 0 radical (unpaired) electrons. The van der Waals surface area contributed by atoms with Crippen LogP contribution in [-0.2, 0) is 16.1 Å². The van der Waals surface area contributed by atoms with Crippen molar-refractivity contribution in [3.8, 4) is 0 Å². The van der Waals surface area contributed by atoms with Crippen molar-refractivity contribution in [2.45, 2.75) is 19.1 Å². The van der Waals surface area contributed by atoms with E-state index in [1.165, 1.54) is 36.2 Å². The molecule has 0 fully saturated rings. The summed E-state index contributed by atoms with van der Waals surface area (Å²) < 4.78 is 18.1. The predicted octanol–water partition coefficient (Wildman–Crippen LogP) is 2.47. The van der Waals surface area contributed by atoms with Gasteiger partial charge in [0.05, 0.1) is 0 Å². The number of alkyl carbamates (subject to hydrolysis) is 1. The summed E-state index contributed by atoms with van der Waals surface area (Å²) in [6.07, 6.45) is -0.724. The van der Waals surface area contributed by atoms with E-state index in [2.05, 4.69) is 5.32 Å². The Balaban J connectivity index is 1.96. The summed E-state index contributed by atoms with van der Waals surface area (Å²) in [6.45, 7) is -0.215. The molecule has 1 unspecified atom stereocenters. The number of carbonyl (C=O) groups excluding carboxylic acids is 2. The van der Waals surface area contributed by atoms with Gasteiger partial charge < -0.3 is 20.1 Å². The average Bonchev–Trinajstić information content (AvgIpc) is 2.66. The van der Waals surface area contributed by atoms with Crippen LogP contribution in [0, 0.1) is 5.82 Å². The van der Waals surface area contributed by atoms with Crippen LogP contribution in [0.3, 0.4) is 0 Å². The van der Waals surface area contributed by atoms with Crippen molar-refractivity contribution in [2.75, 3.05) is 18.6 Å². The van der Waals surface area contributed by atoms with Crippen molar-refractivity contribution in [2.24, 2.45) is 0 Å². The second kappa shape index (κ2) is 9.53. The van der Waals surface area contributed by atoms with Crippen LogP contribution in [-0.4, -0.2) is 36.8 Å². The van der Waals surface area contributed by atoms with Crippen LogP contribution < -0.4 is 10.2 Å². The van der Waals surface area contributed by atoms with E-state index in [0.717, 1.165) is 5.56 Å². The molecule has 2 aromatic rings. The molecule has 138 valence electrons. The number of hydrogen-bond acceptors (Lipinski definition) is 4. The molecule has 0 spiro atoms. The first-order valence-corrected chi connectivity index (χ1v) is 8.12. The summed E-state index contributed by atoms with van der Waals surface area (Å²) in [7, 11) is 1.51. The van der Waals surface area contributed by atoms with Crippen molar-refractivity contribution in [1.29, 1.82) is 0 Å². The number of hydrogen-bond donors (Lipinski definition) is 2. The lowest BCUT2D eigenvalue weighted by atomic mass is 10.1. The number of carbonyl (C=O) groups is 2. The van der Waals surface area contributed by atoms with Crippen LogP contribution in [0.1, 0.15) is 12.0 Å². The van der Waals surface area contributed by atoms with Crippen molar-refractivity contribution in [1.82, 2.24) is 5.32 Å². The lowest BCUT2D eigenvalue weighted by Gasteiger charge is -2.24. The Morgan fingerprint density at radius 1 is 1.15 bits per heavy atom. The van der Waals surface area contributed by atoms with Gasteiger partial charge in [0.1, 0.15) is 18.5 Å². The Labute approximate surface area is 151 Å². The molecule has 0 aliphatic rings. The zero-order valence-corrected chi connectivity index (χ0v) is 14.4. The van der Waals surface area contributed by atoms with Gasteiger partial charge >= 0.3 is 6.09 Å². The van der Waals surface area contributed by atoms with E-state index < -0.39 is 23.9 Å². The molecule has 7 heteroatoms. The maximum Gasteiger partial charge on any atom is 0.408 e. The molecule has 0 saturated heterocycles. The highest BCUT2D eigenvalue weighted by atomic mass is 19.1. The fourth-order valence-electron chi connectivity index (χ4n) is 2.32. The van der Waals surface area contributed by atoms with E-state index in [1.807, 2.05) is 30.3 Å². The van der Waals surface area contributed by atoms with Gasteiger partial charge in [0, 0.05) is 19.3 Å². The average molecular weight is 360 g/mol. The molecule has 0 aliphatic heterocycles. The number of aliphatic hydroxyl groups excluding tert-OH is 1. The smallest absolute Gasteiger partial charge is 0.408 e. The lowest BCUT2D eigenvalue weighted by Crippen LogP contribution is -2.48. The summed E-state index contributed by atoms with van der Waals surface area (Å²) in [5.74, 6) is -0.855. The third-order valence-electron chi connectivity index (χ3n) is 3.77. The predicted molar refractivity (Wildman–Crippen MR) is 95.1 cm³/mol. The zero-order chi connectivity index (χ0) is 18.9. The van der Waals surface area contributed by atoms with Crippen molar-refractivity contribution in [3.63, 3.8) is 0 Å². The van der Waals surface area contributed by atoms with Crippen molar-refractivity contribution < 1.29 is 23.8 Å². The number of amides is 2. The molecule has 0 aliphatic carbocycles. The molecule has 26 heavy (non-hydrogen) atoms. The number of halogens is 1. The van der Waals surface area contributed by atoms with Gasteiger partial charge in [-0.3, -0.25) is 4.79 Å². The normalized spacial score (nSPS) is 11.5. The second-order valence-electron chi connectivity index (χ2n) is 5.64. The van der Waals surface area contributed by atoms with Crippen molar-refractivity contribution >= 4 is 17.7 Å². The second-order valence-corrected chi connectivity index (χ2v) is 5.64. The molecule has 0 aromatic heterocycles. The number of anilines is 1. The third-order valence-corrected chi connectivity index (χ3v) is 3.77. The third kappa shape index (κ3) is 5.56. The van der Waals surface area contributed by atoms with Gasteiger partial charge in [-0.1, -0.05) is 30.3 Å². The van der Waals surface area contributed by atoms with Gasteiger partial charge in [-0.15, -0.1) is 0 Å². The molecule has 1 atom stereocenters. The number of ether oxygens (including phenoxy) is 1. The first-order valence-electron chi connectivity index (χ1n) is 8.12. The van der Waals surface area contributed by atoms with Crippen LogP contribution in [0.25, 0.3) is 0 Å². The number of likely N-dealkylation sites (N-methyl/N-ethyl adjacent to an activating group) is 1. The van der Waals surface area contributed by atoms with Crippen molar-refractivity contribution in [3.05, 3.63) is 66.0 Å². The SMILES string of the molecule is CN(C(=O)C(CCO)NC(=O)OCc1ccccc1)c1ccc(F)cc1. The molecular formula is C19H21FN2O4. The molecule has 0 bridgehead atoms. The fraction of sp³-hybridized carbons (Fsp3) is 0.263. The molecule has 2 N–H and O–H groups in total. The maximum absolute atomic E-state index is 13.0. The summed E-state index contributed by atoms with van der Waals surface area (Å²) in [6, 6.07) is 13.6. The molecular weight excluding hydrogens is 339 g/mol. The Morgan fingerprint density at radius 2 is 1.81 bits per heavy atom. The molecule has 2 rings (SSSR count). The van der Waals surface area contributed by atoms with E-state index in [4.69, 9.17) is 4.74 Å². The van der Waals surface area contributed by atoms with Gasteiger partial charge in [-0.05, 0) is 36.2 Å². The number of nitrogens with zero attached hydrogens (tertiary/aromatic N) is 1. The Morgan fingerprint density at radius 3 is 2.42 bits per heavy atom. The molecule has 0 saturated carbocycles. The van der Waals surface area contributed by atoms with E-state index in [1.54, 1.807) is 0 Å². The van der Waals surface area contributed by atoms with E-state index >= 15 is 0 Å². The first-order chi connectivity index (χ1) is 12.5. The van der Waals surface area contributed by atoms with Crippen LogP contribution in [0.2, 0.25) is 0 Å². The van der Waals surface area contributed by atoms with E-state index in [0.29, 0.717) is 5.69 Å². The number of nitrogens with one attached hydrogen (secondary N) is 1. The summed E-state index contributed by atoms with van der Waals surface area (Å²) in [4.78, 5) is 25.8. The Hall–Kier alpha value is -2.93. The molecule has 6 nitrogen and oxygen atoms in total. The molecule has 0 heterocycles. The monoisotopic (exact) mass is 360 g/mol. The minimum Gasteiger partial charge on any atom is -0.445 e. The highest BCUT2D eigenvalue weighted by Gasteiger charge is 2.25. The van der Waals surface area contributed by atoms with Gasteiger partial charge in [-0.2, -0.15) is 0 Å². The van der Waals surface area contributed by atoms with E-state index in [9.17, 15) is 19.1 Å². The Kier molecular flexibility index (Phi) is 7.11. The maximum atomic E-state index is 13.0. The largest absolute Gasteiger partial charge is 0.445 e. The minimum absolute atomic E-state index is 0.0325. The number of benzene rings is 2. The molecule has 2 amide bonds. The summed E-state index contributed by atoms with van der Waals surface area (Å²) >= 11 is 0. The van der Waals surface area contributed by atoms with Gasteiger partial charge in [-0.25, -0.2) is 9.18 Å². The van der Waals surface area contributed by atoms with E-state index in [-0.39, 0.29) is 19.6 Å². The first kappa shape index (κ1) is 19.4. The fourth-order valence-corrected chi connectivity index (χ4v) is 2.32. The van der Waals surface area contributed by atoms with Gasteiger partial charge in [0.2, 0.25) is 5.91 Å². The highest BCUT2D eigenvalue weighted by Crippen LogP contribution is 2.15. The Bertz CT molecular complexity index is 722. The van der Waals surface area contributed by atoms with Gasteiger partial charge in [0.25, 0.3) is 0 Å². The summed E-state index contributed by atoms with van der Waals surface area (Å²) in [5.41, 5.74) is 1.29. The minimum atomic E-state index is -0.960. The standard InChI is InChI=1S/C19H21FN2O4/c1-22(16-9-7-15(20)8-10-16)18(24)17(11-12-23)21-19(25)26-13-14-5-3-2-4-6-14/h2-10,17,23H,11-13H2,1H3,(H,21,25). The quantitative estimate of drug-likeness (QED) is 0.795. The lowest BCUT2D eigenvalue weighted by molar-refractivity contribution is -0.120. The van der Waals surface area contributed by atoms with Crippen LogP contribution >= 0.6 is 0 Å².